The molecule has 0 spiro atoms. The van der Waals surface area contributed by atoms with Crippen LogP contribution in [-0.2, 0) is 9.47 Å². The number of unbranched alkanes of at least 4 members (excludes halogenated alkanes) is 2. The van der Waals surface area contributed by atoms with Gasteiger partial charge in [0.25, 0.3) is 0 Å². The quantitative estimate of drug-likeness (QED) is 0.311. The summed E-state index contributed by atoms with van der Waals surface area (Å²) in [6, 6.07) is 0. The summed E-state index contributed by atoms with van der Waals surface area (Å²) < 4.78 is 11.3. The van der Waals surface area contributed by atoms with Crippen LogP contribution in [0.3, 0.4) is 0 Å². The molecular formula is C15H30O3. The van der Waals surface area contributed by atoms with E-state index < -0.39 is 0 Å². The first kappa shape index (κ1) is 17.6. The van der Waals surface area contributed by atoms with Crippen molar-refractivity contribution < 1.29 is 14.6 Å². The Hall–Kier alpha value is -0.380. The molecule has 0 aliphatic heterocycles. The molecule has 0 aromatic carbocycles. The molecule has 1 N–H and O–H groups in total. The Balaban J connectivity index is 3.54. The molecule has 0 radical (unpaired) electrons. The summed E-state index contributed by atoms with van der Waals surface area (Å²) in [6.07, 6.45) is 11.3. The second-order valence-electron chi connectivity index (χ2n) is 4.44. The number of allylic oxidation sites excluding steroid dienone is 1. The van der Waals surface area contributed by atoms with Crippen molar-refractivity contribution in [2.24, 2.45) is 0 Å². The number of ether oxygens (including phenoxy) is 2. The van der Waals surface area contributed by atoms with Gasteiger partial charge in [0.15, 0.2) is 6.29 Å². The molecule has 0 bridgehead atoms. The molecule has 0 unspecified atom stereocenters. The van der Waals surface area contributed by atoms with Crippen molar-refractivity contribution in [3.63, 3.8) is 0 Å². The van der Waals surface area contributed by atoms with E-state index in [1.807, 2.05) is 6.08 Å². The van der Waals surface area contributed by atoms with Crippen LogP contribution in [0.5, 0.6) is 0 Å². The van der Waals surface area contributed by atoms with E-state index in [-0.39, 0.29) is 12.9 Å². The predicted octanol–water partition coefficient (Wildman–Crippen LogP) is 3.66. The first-order valence-electron chi connectivity index (χ1n) is 7.34. The van der Waals surface area contributed by atoms with E-state index >= 15 is 0 Å². The van der Waals surface area contributed by atoms with Crippen molar-refractivity contribution in [3.8, 4) is 0 Å². The highest BCUT2D eigenvalue weighted by molar-refractivity contribution is 4.80. The fourth-order valence-corrected chi connectivity index (χ4v) is 1.60. The Morgan fingerprint density at radius 1 is 0.944 bits per heavy atom. The largest absolute Gasteiger partial charge is 0.396 e. The number of aliphatic hydroxyl groups excluding tert-OH is 1. The summed E-state index contributed by atoms with van der Waals surface area (Å²) in [7, 11) is 0. The van der Waals surface area contributed by atoms with Crippen LogP contribution in [-0.4, -0.2) is 31.2 Å². The molecule has 0 aliphatic rings. The molecule has 108 valence electrons. The zero-order valence-electron chi connectivity index (χ0n) is 12.1. The van der Waals surface area contributed by atoms with Crippen LogP contribution in [0.15, 0.2) is 12.2 Å². The summed E-state index contributed by atoms with van der Waals surface area (Å²) in [5, 5.41) is 8.62. The lowest BCUT2D eigenvalue weighted by molar-refractivity contribution is -0.146. The predicted molar refractivity (Wildman–Crippen MR) is 75.6 cm³/mol. The molecule has 0 aromatic rings. The van der Waals surface area contributed by atoms with Crippen LogP contribution < -0.4 is 0 Å². The van der Waals surface area contributed by atoms with Gasteiger partial charge in [0.1, 0.15) is 0 Å². The summed E-state index contributed by atoms with van der Waals surface area (Å²) in [5.41, 5.74) is 0. The molecule has 0 fully saturated rings. The summed E-state index contributed by atoms with van der Waals surface area (Å²) in [4.78, 5) is 0. The van der Waals surface area contributed by atoms with Gasteiger partial charge in [-0.05, 0) is 44.9 Å². The Bertz CT molecular complexity index is 173. The van der Waals surface area contributed by atoms with E-state index in [0.29, 0.717) is 0 Å². The van der Waals surface area contributed by atoms with E-state index in [1.54, 1.807) is 0 Å². The van der Waals surface area contributed by atoms with Gasteiger partial charge in [-0.25, -0.2) is 0 Å². The number of hydrogen-bond acceptors (Lipinski definition) is 3. The molecule has 18 heavy (non-hydrogen) atoms. The summed E-state index contributed by atoms with van der Waals surface area (Å²) in [6.45, 7) is 6.04. The highest BCUT2D eigenvalue weighted by Gasteiger charge is 2.07. The number of aliphatic hydroxyl groups is 1. The highest BCUT2D eigenvalue weighted by Crippen LogP contribution is 2.10. The maximum atomic E-state index is 8.62. The monoisotopic (exact) mass is 258 g/mol. The minimum absolute atomic E-state index is 0.0219. The van der Waals surface area contributed by atoms with Gasteiger partial charge in [0, 0.05) is 19.8 Å². The van der Waals surface area contributed by atoms with Crippen LogP contribution in [0.25, 0.3) is 0 Å². The molecule has 3 heteroatoms. The highest BCUT2D eigenvalue weighted by atomic mass is 16.7. The fraction of sp³-hybridized carbons (Fsp3) is 0.867. The van der Waals surface area contributed by atoms with Crippen LogP contribution >= 0.6 is 0 Å². The molecule has 0 amide bonds. The normalized spacial score (nSPS) is 11.8. The zero-order chi connectivity index (χ0) is 13.5. The maximum Gasteiger partial charge on any atom is 0.157 e. The van der Waals surface area contributed by atoms with E-state index in [0.717, 1.165) is 58.2 Å². The minimum Gasteiger partial charge on any atom is -0.396 e. The van der Waals surface area contributed by atoms with E-state index in [9.17, 15) is 0 Å². The Morgan fingerprint density at radius 3 is 2.11 bits per heavy atom. The molecule has 0 aliphatic carbocycles. The van der Waals surface area contributed by atoms with Crippen molar-refractivity contribution in [3.05, 3.63) is 12.2 Å². The smallest absolute Gasteiger partial charge is 0.157 e. The summed E-state index contributed by atoms with van der Waals surface area (Å²) in [5.74, 6) is 0. The van der Waals surface area contributed by atoms with Gasteiger partial charge in [0.2, 0.25) is 0 Å². The molecule has 0 aromatic heterocycles. The van der Waals surface area contributed by atoms with Crippen molar-refractivity contribution >= 4 is 0 Å². The van der Waals surface area contributed by atoms with E-state index in [2.05, 4.69) is 19.9 Å². The van der Waals surface area contributed by atoms with Gasteiger partial charge >= 0.3 is 0 Å². The van der Waals surface area contributed by atoms with Gasteiger partial charge in [-0.3, -0.25) is 0 Å². The first-order valence-corrected chi connectivity index (χ1v) is 7.34. The average Bonchev–Trinajstić information content (AvgIpc) is 2.40. The lowest BCUT2D eigenvalue weighted by Crippen LogP contribution is -2.18. The number of rotatable bonds is 13. The SMILES string of the molecule is CCCOC(CCCC/C=C/CCO)OCCC. The van der Waals surface area contributed by atoms with Gasteiger partial charge in [-0.1, -0.05) is 26.0 Å². The molecule has 3 nitrogen and oxygen atoms in total. The van der Waals surface area contributed by atoms with Gasteiger partial charge in [-0.15, -0.1) is 0 Å². The second-order valence-corrected chi connectivity index (χ2v) is 4.44. The lowest BCUT2D eigenvalue weighted by atomic mass is 10.2. The third-order valence-corrected chi connectivity index (χ3v) is 2.54. The van der Waals surface area contributed by atoms with Crippen LogP contribution in [0.4, 0.5) is 0 Å². The van der Waals surface area contributed by atoms with Crippen molar-refractivity contribution in [1.29, 1.82) is 0 Å². The average molecular weight is 258 g/mol. The molecular weight excluding hydrogens is 228 g/mol. The van der Waals surface area contributed by atoms with Crippen molar-refractivity contribution in [1.82, 2.24) is 0 Å². The van der Waals surface area contributed by atoms with Crippen molar-refractivity contribution in [2.75, 3.05) is 19.8 Å². The Morgan fingerprint density at radius 2 is 1.56 bits per heavy atom. The molecule has 0 saturated heterocycles. The molecule has 0 saturated carbocycles. The minimum atomic E-state index is -0.0219. The van der Waals surface area contributed by atoms with Crippen LogP contribution in [0.1, 0.15) is 58.8 Å². The summed E-state index contributed by atoms with van der Waals surface area (Å²) >= 11 is 0. The standard InChI is InChI=1S/C15H30O3/c1-3-13-17-15(18-14-4-2)11-9-7-5-6-8-10-12-16/h6,8,15-16H,3-5,7,9-14H2,1-2H3/b8-6+. The maximum absolute atomic E-state index is 8.62. The molecule has 0 rings (SSSR count). The van der Waals surface area contributed by atoms with E-state index in [4.69, 9.17) is 14.6 Å². The second kappa shape index (κ2) is 14.7. The Kier molecular flexibility index (Phi) is 14.4. The Labute approximate surface area is 112 Å². The van der Waals surface area contributed by atoms with Crippen LogP contribution in [0.2, 0.25) is 0 Å². The van der Waals surface area contributed by atoms with Crippen molar-refractivity contribution in [2.45, 2.75) is 65.1 Å². The number of hydrogen-bond donors (Lipinski definition) is 1. The van der Waals surface area contributed by atoms with Crippen LogP contribution in [0, 0.1) is 0 Å². The van der Waals surface area contributed by atoms with Gasteiger partial charge in [0.05, 0.1) is 0 Å². The molecule has 0 heterocycles. The topological polar surface area (TPSA) is 38.7 Å². The van der Waals surface area contributed by atoms with E-state index in [1.165, 1.54) is 0 Å². The third-order valence-electron chi connectivity index (χ3n) is 2.54. The van der Waals surface area contributed by atoms with Gasteiger partial charge < -0.3 is 14.6 Å². The third kappa shape index (κ3) is 12.1. The zero-order valence-corrected chi connectivity index (χ0v) is 12.1. The van der Waals surface area contributed by atoms with Gasteiger partial charge in [-0.2, -0.15) is 0 Å². The fourth-order valence-electron chi connectivity index (χ4n) is 1.60. The first-order chi connectivity index (χ1) is 8.85. The lowest BCUT2D eigenvalue weighted by Gasteiger charge is -2.17. The molecule has 0 atom stereocenters.